The summed E-state index contributed by atoms with van der Waals surface area (Å²) in [6.07, 6.45) is 3.98. The Hall–Kier alpha value is -2.73. The van der Waals surface area contributed by atoms with Gasteiger partial charge in [-0.1, -0.05) is 24.8 Å². The Labute approximate surface area is 169 Å². The first kappa shape index (κ1) is 17.4. The van der Waals surface area contributed by atoms with Crippen molar-refractivity contribution in [2.75, 3.05) is 13.7 Å². The fourth-order valence-electron chi connectivity index (χ4n) is 4.05. The lowest BCUT2D eigenvalue weighted by atomic mass is 10.0. The number of ether oxygens (including phenoxy) is 1. The van der Waals surface area contributed by atoms with Gasteiger partial charge in [-0.3, -0.25) is 9.98 Å². The fraction of sp³-hybridized carbons (Fsp3) is 0.273. The Morgan fingerprint density at radius 3 is 2.68 bits per heavy atom. The second kappa shape index (κ2) is 7.02. The van der Waals surface area contributed by atoms with Crippen LogP contribution in [0.15, 0.2) is 72.0 Å². The number of nitrogens with zero attached hydrogens (tertiary/aromatic N) is 4. The van der Waals surface area contributed by atoms with E-state index in [2.05, 4.69) is 57.9 Å². The van der Waals surface area contributed by atoms with Gasteiger partial charge < -0.3 is 14.2 Å². The lowest BCUT2D eigenvalue weighted by Gasteiger charge is -2.28. The number of amidine groups is 1. The Morgan fingerprint density at radius 1 is 1.07 bits per heavy atom. The Kier molecular flexibility index (Phi) is 4.36. The van der Waals surface area contributed by atoms with Crippen LogP contribution in [-0.2, 0) is 0 Å². The van der Waals surface area contributed by atoms with Crippen molar-refractivity contribution in [3.63, 3.8) is 0 Å². The molecule has 0 unspecified atom stereocenters. The molecule has 0 aliphatic carbocycles. The molecule has 2 aromatic heterocycles. The van der Waals surface area contributed by atoms with Gasteiger partial charge in [0.05, 0.1) is 18.8 Å². The Bertz CT molecular complexity index is 999. The van der Waals surface area contributed by atoms with Crippen molar-refractivity contribution in [3.8, 4) is 11.4 Å². The highest BCUT2D eigenvalue weighted by molar-refractivity contribution is 8.14. The Balaban J connectivity index is 1.58. The van der Waals surface area contributed by atoms with Crippen LogP contribution in [0.2, 0.25) is 0 Å². The van der Waals surface area contributed by atoms with E-state index >= 15 is 0 Å². The van der Waals surface area contributed by atoms with Crippen LogP contribution in [0.3, 0.4) is 0 Å². The number of fused-ring (bicyclic) bond motifs is 1. The van der Waals surface area contributed by atoms with Gasteiger partial charge in [-0.05, 0) is 48.5 Å². The molecule has 1 saturated heterocycles. The Morgan fingerprint density at radius 2 is 1.93 bits per heavy atom. The fourth-order valence-corrected chi connectivity index (χ4v) is 5.14. The van der Waals surface area contributed by atoms with Crippen LogP contribution in [0.4, 0.5) is 0 Å². The maximum atomic E-state index is 5.31. The van der Waals surface area contributed by atoms with Gasteiger partial charge in [-0.15, -0.1) is 0 Å². The molecule has 0 N–H and O–H groups in total. The lowest BCUT2D eigenvalue weighted by Crippen LogP contribution is -2.30. The highest BCUT2D eigenvalue weighted by Crippen LogP contribution is 2.47. The van der Waals surface area contributed by atoms with Gasteiger partial charge in [-0.2, -0.15) is 0 Å². The van der Waals surface area contributed by atoms with Crippen molar-refractivity contribution < 1.29 is 4.74 Å². The zero-order chi connectivity index (χ0) is 19.1. The maximum absolute atomic E-state index is 5.31. The van der Waals surface area contributed by atoms with Gasteiger partial charge in [0.1, 0.15) is 11.8 Å². The minimum atomic E-state index is 0.00287. The molecule has 142 valence electrons. The van der Waals surface area contributed by atoms with Gasteiger partial charge in [-0.25, -0.2) is 0 Å². The average Bonchev–Trinajstić information content (AvgIpc) is 3.42. The zero-order valence-electron chi connectivity index (χ0n) is 15.9. The SMILES string of the molecule is COc1ccc(-n2cccc2[C@H]2[C@H](c3ccccn3)N=C3S[C@@H](C)CN32)cc1. The quantitative estimate of drug-likeness (QED) is 0.659. The van der Waals surface area contributed by atoms with Crippen molar-refractivity contribution in [1.82, 2.24) is 14.5 Å². The van der Waals surface area contributed by atoms with Gasteiger partial charge >= 0.3 is 0 Å². The maximum Gasteiger partial charge on any atom is 0.160 e. The lowest BCUT2D eigenvalue weighted by molar-refractivity contribution is 0.312. The van der Waals surface area contributed by atoms with Crippen molar-refractivity contribution in [2.45, 2.75) is 24.3 Å². The smallest absolute Gasteiger partial charge is 0.160 e. The van der Waals surface area contributed by atoms with Crippen LogP contribution < -0.4 is 4.74 Å². The highest BCUT2D eigenvalue weighted by atomic mass is 32.2. The largest absolute Gasteiger partial charge is 0.497 e. The second-order valence-corrected chi connectivity index (χ2v) is 8.54. The molecule has 3 atom stereocenters. The molecule has 1 fully saturated rings. The van der Waals surface area contributed by atoms with Crippen LogP contribution in [0.25, 0.3) is 5.69 Å². The molecule has 5 rings (SSSR count). The number of rotatable bonds is 4. The highest BCUT2D eigenvalue weighted by Gasteiger charge is 2.44. The summed E-state index contributed by atoms with van der Waals surface area (Å²) < 4.78 is 7.57. The van der Waals surface area contributed by atoms with Gasteiger partial charge in [0.2, 0.25) is 0 Å². The third kappa shape index (κ3) is 2.88. The van der Waals surface area contributed by atoms with Crippen LogP contribution in [0, 0.1) is 0 Å². The van der Waals surface area contributed by atoms with E-state index in [0.29, 0.717) is 5.25 Å². The first-order valence-corrected chi connectivity index (χ1v) is 10.4. The zero-order valence-corrected chi connectivity index (χ0v) is 16.7. The minimum Gasteiger partial charge on any atom is -0.497 e. The summed E-state index contributed by atoms with van der Waals surface area (Å²) in [6.45, 7) is 3.27. The van der Waals surface area contributed by atoms with Gasteiger partial charge in [0, 0.05) is 35.6 Å². The number of hydrogen-bond donors (Lipinski definition) is 0. The summed E-state index contributed by atoms with van der Waals surface area (Å²) in [5, 5.41) is 1.69. The first-order chi connectivity index (χ1) is 13.7. The van der Waals surface area contributed by atoms with E-state index in [0.717, 1.165) is 28.8 Å². The van der Waals surface area contributed by atoms with E-state index in [1.54, 1.807) is 7.11 Å². The number of pyridine rings is 1. The van der Waals surface area contributed by atoms with Crippen LogP contribution in [0.1, 0.15) is 30.4 Å². The molecule has 5 nitrogen and oxygen atoms in total. The van der Waals surface area contributed by atoms with E-state index in [4.69, 9.17) is 9.73 Å². The second-order valence-electron chi connectivity index (χ2n) is 7.14. The number of benzene rings is 1. The molecule has 0 radical (unpaired) electrons. The predicted molar refractivity (Wildman–Crippen MR) is 113 cm³/mol. The van der Waals surface area contributed by atoms with Crippen LogP contribution in [0.5, 0.6) is 5.75 Å². The summed E-state index contributed by atoms with van der Waals surface area (Å²) >= 11 is 1.86. The molecule has 28 heavy (non-hydrogen) atoms. The van der Waals surface area contributed by atoms with Crippen LogP contribution >= 0.6 is 11.8 Å². The van der Waals surface area contributed by atoms with Crippen molar-refractivity contribution in [1.29, 1.82) is 0 Å². The van der Waals surface area contributed by atoms with Crippen molar-refractivity contribution in [2.24, 2.45) is 4.99 Å². The topological polar surface area (TPSA) is 42.6 Å². The number of hydrogen-bond acceptors (Lipinski definition) is 5. The van der Waals surface area contributed by atoms with E-state index < -0.39 is 0 Å². The molecule has 0 spiro atoms. The summed E-state index contributed by atoms with van der Waals surface area (Å²) in [5.74, 6) is 0.861. The van der Waals surface area contributed by atoms with Gasteiger partial charge in [0.25, 0.3) is 0 Å². The number of aromatic nitrogens is 2. The van der Waals surface area contributed by atoms with E-state index in [1.807, 2.05) is 42.2 Å². The van der Waals surface area contributed by atoms with E-state index in [-0.39, 0.29) is 12.1 Å². The molecule has 2 aliphatic heterocycles. The van der Waals surface area contributed by atoms with Crippen LogP contribution in [-0.4, -0.2) is 38.5 Å². The molecule has 6 heteroatoms. The monoisotopic (exact) mass is 390 g/mol. The van der Waals surface area contributed by atoms with E-state index in [1.165, 1.54) is 5.69 Å². The van der Waals surface area contributed by atoms with Crippen molar-refractivity contribution >= 4 is 16.9 Å². The molecule has 2 aliphatic rings. The molecule has 0 bridgehead atoms. The molecule has 3 aromatic rings. The molecular formula is C22H22N4OS. The summed E-state index contributed by atoms with van der Waals surface area (Å²) in [4.78, 5) is 12.2. The van der Waals surface area contributed by atoms with E-state index in [9.17, 15) is 0 Å². The number of methoxy groups -OCH3 is 1. The molecule has 0 saturated carbocycles. The normalized spacial score (nSPS) is 23.6. The number of aliphatic imine (C=N–C) groups is 1. The third-order valence-corrected chi connectivity index (χ3v) is 6.42. The number of thioether (sulfide) groups is 1. The predicted octanol–water partition coefficient (Wildman–Crippen LogP) is 4.47. The molecule has 4 heterocycles. The summed E-state index contributed by atoms with van der Waals surface area (Å²) in [6, 6.07) is 18.7. The minimum absolute atomic E-state index is 0.00287. The standard InChI is InChI=1S/C22H22N4OS/c1-15-14-26-21(20(24-22(26)28-15)18-6-3-4-12-23-18)19-7-5-13-25(19)16-8-10-17(27-2)11-9-16/h3-13,15,20-21H,14H2,1-2H3/t15-,20-,21-/m0/s1. The van der Waals surface area contributed by atoms with Gasteiger partial charge in [0.15, 0.2) is 5.17 Å². The molecule has 1 aromatic carbocycles. The summed E-state index contributed by atoms with van der Waals surface area (Å²) in [7, 11) is 1.69. The van der Waals surface area contributed by atoms with Crippen molar-refractivity contribution in [3.05, 3.63) is 78.4 Å². The molecular weight excluding hydrogens is 368 g/mol. The summed E-state index contributed by atoms with van der Waals surface area (Å²) in [5.41, 5.74) is 3.37. The molecule has 0 amide bonds. The third-order valence-electron chi connectivity index (χ3n) is 5.32. The average molecular weight is 391 g/mol. The first-order valence-electron chi connectivity index (χ1n) is 9.48.